The van der Waals surface area contributed by atoms with Crippen LogP contribution in [0.15, 0.2) is 4.99 Å². The molecule has 156 valence electrons. The number of ether oxygens (including phenoxy) is 1. The van der Waals surface area contributed by atoms with E-state index in [4.69, 9.17) is 4.74 Å². The summed E-state index contributed by atoms with van der Waals surface area (Å²) in [6, 6.07) is 0.826. The van der Waals surface area contributed by atoms with Gasteiger partial charge in [0.05, 0.1) is 6.10 Å². The second-order valence-corrected chi connectivity index (χ2v) is 9.01. The Labute approximate surface area is 168 Å². The minimum absolute atomic E-state index is 0.312. The molecular formula is C21H36N6O. The third-order valence-electron chi connectivity index (χ3n) is 7.05. The van der Waals surface area contributed by atoms with Gasteiger partial charge in [-0.05, 0) is 32.6 Å². The molecule has 0 aromatic carbocycles. The van der Waals surface area contributed by atoms with Crippen LogP contribution >= 0.6 is 0 Å². The van der Waals surface area contributed by atoms with Crippen molar-refractivity contribution in [3.8, 4) is 0 Å². The van der Waals surface area contributed by atoms with E-state index in [-0.39, 0.29) is 0 Å². The maximum absolute atomic E-state index is 6.06. The van der Waals surface area contributed by atoms with Gasteiger partial charge in [-0.1, -0.05) is 26.7 Å². The summed E-state index contributed by atoms with van der Waals surface area (Å²) in [6.07, 6.45) is 8.73. The number of nitrogens with zero attached hydrogens (tertiary/aromatic N) is 4. The molecule has 3 unspecified atom stereocenters. The fraction of sp³-hybridized carbons (Fsp3) is 0.857. The van der Waals surface area contributed by atoms with E-state index in [0.29, 0.717) is 29.5 Å². The zero-order valence-corrected chi connectivity index (χ0v) is 17.9. The standard InChI is InChI=1S/C21H36N6O/c1-5-28-17-12-16(21(17)10-6-7-11-21)24-20(22-4)23-15-8-9-18-25-26-19(14(2)3)27(18)13-15/h14-17H,5-13H2,1-4H3,(H2,22,23,24). The molecule has 2 N–H and O–H groups in total. The van der Waals surface area contributed by atoms with Gasteiger partial charge in [-0.15, -0.1) is 10.2 Å². The molecule has 2 aliphatic carbocycles. The third-order valence-corrected chi connectivity index (χ3v) is 7.05. The molecule has 1 aliphatic heterocycles. The van der Waals surface area contributed by atoms with Gasteiger partial charge in [-0.3, -0.25) is 4.99 Å². The molecule has 0 radical (unpaired) electrons. The summed E-state index contributed by atoms with van der Waals surface area (Å²) in [4.78, 5) is 4.54. The molecule has 0 bridgehead atoms. The second kappa shape index (κ2) is 8.01. The zero-order valence-electron chi connectivity index (χ0n) is 17.9. The summed E-state index contributed by atoms with van der Waals surface area (Å²) < 4.78 is 8.36. The molecule has 1 spiro atoms. The number of rotatable bonds is 5. The minimum Gasteiger partial charge on any atom is -0.378 e. The molecule has 2 saturated carbocycles. The average Bonchev–Trinajstić information content (AvgIpc) is 3.34. The first-order chi connectivity index (χ1) is 13.6. The van der Waals surface area contributed by atoms with Crippen LogP contribution in [-0.2, 0) is 17.7 Å². The Bertz CT molecular complexity index is 706. The quantitative estimate of drug-likeness (QED) is 0.599. The Balaban J connectivity index is 1.39. The SMILES string of the molecule is CCOC1CC(NC(=NC)NC2CCc3nnc(C(C)C)n3C2)C12CCCC2. The number of hydrogen-bond acceptors (Lipinski definition) is 4. The highest BCUT2D eigenvalue weighted by molar-refractivity contribution is 5.80. The molecule has 2 heterocycles. The summed E-state index contributed by atoms with van der Waals surface area (Å²) >= 11 is 0. The number of aliphatic imine (C=N–C) groups is 1. The van der Waals surface area contributed by atoms with Crippen LogP contribution in [0.5, 0.6) is 0 Å². The first-order valence-electron chi connectivity index (χ1n) is 11.1. The molecule has 3 atom stereocenters. The monoisotopic (exact) mass is 388 g/mol. The molecule has 28 heavy (non-hydrogen) atoms. The molecule has 0 amide bonds. The van der Waals surface area contributed by atoms with Crippen LogP contribution in [0.4, 0.5) is 0 Å². The van der Waals surface area contributed by atoms with E-state index in [0.717, 1.165) is 50.0 Å². The predicted molar refractivity (Wildman–Crippen MR) is 111 cm³/mol. The van der Waals surface area contributed by atoms with Gasteiger partial charge in [0.15, 0.2) is 5.96 Å². The van der Waals surface area contributed by atoms with E-state index in [1.165, 1.54) is 25.7 Å². The van der Waals surface area contributed by atoms with Gasteiger partial charge in [0.2, 0.25) is 0 Å². The van der Waals surface area contributed by atoms with E-state index in [9.17, 15) is 0 Å². The average molecular weight is 389 g/mol. The summed E-state index contributed by atoms with van der Waals surface area (Å²) in [7, 11) is 1.88. The van der Waals surface area contributed by atoms with E-state index in [1.54, 1.807) is 0 Å². The molecule has 1 aromatic heterocycles. The summed E-state index contributed by atoms with van der Waals surface area (Å²) in [6.45, 7) is 8.20. The molecule has 4 rings (SSSR count). The van der Waals surface area contributed by atoms with Crippen LogP contribution in [0.25, 0.3) is 0 Å². The number of fused-ring (bicyclic) bond motifs is 1. The molecule has 7 heteroatoms. The van der Waals surface area contributed by atoms with Crippen LogP contribution in [0.3, 0.4) is 0 Å². The fourth-order valence-electron chi connectivity index (χ4n) is 5.51. The Morgan fingerprint density at radius 1 is 1.29 bits per heavy atom. The lowest BCUT2D eigenvalue weighted by molar-refractivity contribution is -0.125. The van der Waals surface area contributed by atoms with Gasteiger partial charge in [-0.2, -0.15) is 0 Å². The van der Waals surface area contributed by atoms with Crippen molar-refractivity contribution < 1.29 is 4.74 Å². The topological polar surface area (TPSA) is 76.4 Å². The predicted octanol–water partition coefficient (Wildman–Crippen LogP) is 2.62. The number of aryl methyl sites for hydroxylation is 1. The van der Waals surface area contributed by atoms with Crippen molar-refractivity contribution in [3.63, 3.8) is 0 Å². The fourth-order valence-corrected chi connectivity index (χ4v) is 5.51. The highest BCUT2D eigenvalue weighted by Crippen LogP contribution is 2.54. The van der Waals surface area contributed by atoms with Crippen LogP contribution < -0.4 is 10.6 Å². The first-order valence-corrected chi connectivity index (χ1v) is 11.1. The lowest BCUT2D eigenvalue weighted by Gasteiger charge is -2.54. The van der Waals surface area contributed by atoms with Gasteiger partial charge in [0.25, 0.3) is 0 Å². The van der Waals surface area contributed by atoms with Crippen LogP contribution in [0.1, 0.15) is 76.9 Å². The van der Waals surface area contributed by atoms with E-state index < -0.39 is 0 Å². The lowest BCUT2D eigenvalue weighted by atomic mass is 9.60. The van der Waals surface area contributed by atoms with Crippen molar-refractivity contribution in [3.05, 3.63) is 11.6 Å². The van der Waals surface area contributed by atoms with Gasteiger partial charge in [0.1, 0.15) is 11.6 Å². The molecular weight excluding hydrogens is 352 g/mol. The maximum atomic E-state index is 6.06. The van der Waals surface area contributed by atoms with Crippen molar-refractivity contribution in [1.82, 2.24) is 25.4 Å². The van der Waals surface area contributed by atoms with E-state index in [2.05, 4.69) is 51.2 Å². The second-order valence-electron chi connectivity index (χ2n) is 9.01. The molecule has 7 nitrogen and oxygen atoms in total. The smallest absolute Gasteiger partial charge is 0.191 e. The van der Waals surface area contributed by atoms with Crippen LogP contribution in [-0.4, -0.2) is 52.6 Å². The van der Waals surface area contributed by atoms with Crippen LogP contribution in [0, 0.1) is 5.41 Å². The lowest BCUT2D eigenvalue weighted by Crippen LogP contribution is -2.65. The van der Waals surface area contributed by atoms with Crippen molar-refractivity contribution in [2.45, 2.75) is 96.4 Å². The Hall–Kier alpha value is -1.63. The zero-order chi connectivity index (χ0) is 19.7. The Morgan fingerprint density at radius 2 is 2.07 bits per heavy atom. The van der Waals surface area contributed by atoms with E-state index >= 15 is 0 Å². The molecule has 2 fully saturated rings. The van der Waals surface area contributed by atoms with Crippen molar-refractivity contribution in [2.24, 2.45) is 10.4 Å². The molecule has 3 aliphatic rings. The van der Waals surface area contributed by atoms with Crippen LogP contribution in [0.2, 0.25) is 0 Å². The number of hydrogen-bond donors (Lipinski definition) is 2. The number of aromatic nitrogens is 3. The number of nitrogens with one attached hydrogen (secondary N) is 2. The van der Waals surface area contributed by atoms with Gasteiger partial charge in [-0.25, -0.2) is 0 Å². The third kappa shape index (κ3) is 3.42. The minimum atomic E-state index is 0.312. The number of guanidine groups is 1. The van der Waals surface area contributed by atoms with Gasteiger partial charge in [0, 0.05) is 50.0 Å². The van der Waals surface area contributed by atoms with Gasteiger partial charge < -0.3 is 19.9 Å². The largest absolute Gasteiger partial charge is 0.378 e. The summed E-state index contributed by atoms with van der Waals surface area (Å²) in [5.41, 5.74) is 0.312. The van der Waals surface area contributed by atoms with Crippen molar-refractivity contribution in [2.75, 3.05) is 13.7 Å². The normalized spacial score (nSPS) is 29.0. The summed E-state index contributed by atoms with van der Waals surface area (Å²) in [5, 5.41) is 16.2. The van der Waals surface area contributed by atoms with Crippen molar-refractivity contribution in [1.29, 1.82) is 0 Å². The summed E-state index contributed by atoms with van der Waals surface area (Å²) in [5.74, 6) is 3.53. The van der Waals surface area contributed by atoms with Crippen molar-refractivity contribution >= 4 is 5.96 Å². The first kappa shape index (κ1) is 19.7. The maximum Gasteiger partial charge on any atom is 0.191 e. The highest BCUT2D eigenvalue weighted by atomic mass is 16.5. The highest BCUT2D eigenvalue weighted by Gasteiger charge is 2.57. The van der Waals surface area contributed by atoms with E-state index in [1.807, 2.05) is 7.05 Å². The Morgan fingerprint density at radius 3 is 2.75 bits per heavy atom. The Kier molecular flexibility index (Phi) is 5.63. The molecule has 1 aromatic rings. The molecule has 0 saturated heterocycles. The van der Waals surface area contributed by atoms with Gasteiger partial charge >= 0.3 is 0 Å².